The lowest BCUT2D eigenvalue weighted by Crippen LogP contribution is -2.16. The second kappa shape index (κ2) is 12.6. The first-order chi connectivity index (χ1) is 24.7. The van der Waals surface area contributed by atoms with Crippen LogP contribution in [0.15, 0.2) is 158 Å². The van der Waals surface area contributed by atoms with Gasteiger partial charge in [-0.3, -0.25) is 0 Å². The molecule has 50 heavy (non-hydrogen) atoms. The Balaban J connectivity index is 1.23. The Kier molecular flexibility index (Phi) is 7.37. The number of aromatic amines is 4. The second-order valence-corrected chi connectivity index (χ2v) is 12.4. The van der Waals surface area contributed by atoms with Crippen molar-refractivity contribution in [1.29, 1.82) is 0 Å². The summed E-state index contributed by atoms with van der Waals surface area (Å²) in [7, 11) is 0. The third-order valence-electron chi connectivity index (χ3n) is 9.03. The summed E-state index contributed by atoms with van der Waals surface area (Å²) in [5.41, 5.74) is 12.5. The highest BCUT2D eigenvalue weighted by Gasteiger charge is 2.16. The number of hydrogen-bond acceptors (Lipinski definition) is 2. The van der Waals surface area contributed by atoms with E-state index in [4.69, 9.17) is 0 Å². The van der Waals surface area contributed by atoms with E-state index in [1.54, 1.807) is 0 Å². The summed E-state index contributed by atoms with van der Waals surface area (Å²) in [5.74, 6) is 0. The fourth-order valence-corrected chi connectivity index (χ4v) is 6.75. The van der Waals surface area contributed by atoms with E-state index in [0.29, 0.717) is 0 Å². The monoisotopic (exact) mass is 646 g/mol. The molecule has 1 aliphatic rings. The Hall–Kier alpha value is -6.92. The van der Waals surface area contributed by atoms with Crippen LogP contribution in [0.2, 0.25) is 0 Å². The van der Waals surface area contributed by atoms with Crippen LogP contribution in [0.3, 0.4) is 0 Å². The van der Waals surface area contributed by atoms with Crippen molar-refractivity contribution in [2.24, 2.45) is 0 Å². The zero-order chi connectivity index (χ0) is 33.3. The average molecular weight is 647 g/mol. The molecule has 1 aliphatic heterocycles. The SMILES string of the molecule is C1=c2ccc([nH]2)=C(c2ccccc2Nc2ccccc2)c2ccc([nH]2)C=c2ccc([nH]2)=C(c2ccccc2Nc2ccccc2)c2ccc1[nH]2. The van der Waals surface area contributed by atoms with Gasteiger partial charge in [0.1, 0.15) is 0 Å². The van der Waals surface area contributed by atoms with Gasteiger partial charge in [-0.05, 0) is 97.1 Å². The molecular formula is C44H34N6. The van der Waals surface area contributed by atoms with Gasteiger partial charge in [-0.2, -0.15) is 0 Å². The molecule has 6 N–H and O–H groups in total. The van der Waals surface area contributed by atoms with Crippen LogP contribution < -0.4 is 32.0 Å². The third-order valence-corrected chi connectivity index (χ3v) is 9.03. The Morgan fingerprint density at radius 3 is 1.22 bits per heavy atom. The maximum absolute atomic E-state index is 3.72. The number of anilines is 4. The quantitative estimate of drug-likeness (QED) is 0.118. The molecule has 0 aliphatic carbocycles. The molecule has 0 saturated heterocycles. The number of nitrogens with one attached hydrogen (secondary N) is 6. The first kappa shape index (κ1) is 29.2. The van der Waals surface area contributed by atoms with Gasteiger partial charge < -0.3 is 30.6 Å². The van der Waals surface area contributed by atoms with Gasteiger partial charge in [-0.25, -0.2) is 0 Å². The van der Waals surface area contributed by atoms with Gasteiger partial charge >= 0.3 is 0 Å². The van der Waals surface area contributed by atoms with Gasteiger partial charge in [-0.15, -0.1) is 0 Å². The van der Waals surface area contributed by atoms with Crippen LogP contribution in [0.1, 0.15) is 33.9 Å². The summed E-state index contributed by atoms with van der Waals surface area (Å²) in [6.07, 6.45) is 4.31. The van der Waals surface area contributed by atoms with Crippen LogP contribution in [0.4, 0.5) is 22.7 Å². The van der Waals surface area contributed by atoms with Crippen LogP contribution in [-0.4, -0.2) is 19.9 Å². The Labute approximate surface area is 288 Å². The molecule has 8 bridgehead atoms. The smallest absolute Gasteiger partial charge is 0.0486 e. The van der Waals surface area contributed by atoms with Crippen molar-refractivity contribution in [3.8, 4) is 0 Å². The first-order valence-corrected chi connectivity index (χ1v) is 16.8. The van der Waals surface area contributed by atoms with Crippen molar-refractivity contribution < 1.29 is 0 Å². The topological polar surface area (TPSA) is 87.2 Å². The lowest BCUT2D eigenvalue weighted by molar-refractivity contribution is 1.21. The molecule has 0 radical (unpaired) electrons. The van der Waals surface area contributed by atoms with Crippen molar-refractivity contribution >= 4 is 46.0 Å². The zero-order valence-electron chi connectivity index (χ0n) is 27.2. The van der Waals surface area contributed by atoms with Crippen LogP contribution in [0.5, 0.6) is 0 Å². The molecule has 0 unspecified atom stereocenters. The van der Waals surface area contributed by atoms with E-state index in [1.807, 2.05) is 36.4 Å². The minimum atomic E-state index is 1.000. The Morgan fingerprint density at radius 2 is 0.760 bits per heavy atom. The molecule has 240 valence electrons. The lowest BCUT2D eigenvalue weighted by Gasteiger charge is -2.14. The number of para-hydroxylation sites is 4. The number of benzene rings is 4. The van der Waals surface area contributed by atoms with Crippen LogP contribution in [-0.2, 0) is 0 Å². The van der Waals surface area contributed by atoms with Crippen molar-refractivity contribution in [2.45, 2.75) is 0 Å². The molecule has 5 heterocycles. The molecule has 0 saturated carbocycles. The summed E-state index contributed by atoms with van der Waals surface area (Å²) in [5, 5.41) is 11.3. The van der Waals surface area contributed by atoms with E-state index in [2.05, 4.69) is 164 Å². The number of hydrogen-bond donors (Lipinski definition) is 6. The van der Waals surface area contributed by atoms with E-state index >= 15 is 0 Å². The summed E-state index contributed by atoms with van der Waals surface area (Å²) in [4.78, 5) is 14.9. The van der Waals surface area contributed by atoms with Gasteiger partial charge in [0.15, 0.2) is 0 Å². The fourth-order valence-electron chi connectivity index (χ4n) is 6.75. The molecule has 6 heteroatoms. The van der Waals surface area contributed by atoms with Crippen LogP contribution in [0.25, 0.3) is 23.3 Å². The first-order valence-electron chi connectivity index (χ1n) is 16.8. The maximum atomic E-state index is 3.72. The molecule has 6 nitrogen and oxygen atoms in total. The Morgan fingerprint density at radius 1 is 0.340 bits per heavy atom. The normalized spacial score (nSPS) is 12.2. The molecule has 0 fully saturated rings. The summed E-state index contributed by atoms with van der Waals surface area (Å²) in [6, 6.07) is 54.7. The van der Waals surface area contributed by atoms with Gasteiger partial charge in [-0.1, -0.05) is 72.8 Å². The van der Waals surface area contributed by atoms with Crippen molar-refractivity contribution in [1.82, 2.24) is 19.9 Å². The van der Waals surface area contributed by atoms with Gasteiger partial charge in [0.05, 0.1) is 0 Å². The Bertz CT molecular complexity index is 2520. The molecule has 0 atom stereocenters. The largest absolute Gasteiger partial charge is 0.355 e. The lowest BCUT2D eigenvalue weighted by atomic mass is 10.00. The summed E-state index contributed by atoms with van der Waals surface area (Å²) < 4.78 is 0. The minimum Gasteiger partial charge on any atom is -0.355 e. The van der Waals surface area contributed by atoms with Crippen LogP contribution in [0, 0.1) is 0 Å². The highest BCUT2D eigenvalue weighted by atomic mass is 14.9. The fraction of sp³-hybridized carbons (Fsp3) is 0. The van der Waals surface area contributed by atoms with Crippen molar-refractivity contribution in [3.05, 3.63) is 213 Å². The number of rotatable bonds is 6. The third kappa shape index (κ3) is 5.76. The van der Waals surface area contributed by atoms with Crippen LogP contribution >= 0.6 is 0 Å². The van der Waals surface area contributed by atoms with Gasteiger partial charge in [0.25, 0.3) is 0 Å². The zero-order valence-corrected chi connectivity index (χ0v) is 27.2. The molecule has 4 aromatic carbocycles. The standard InChI is InChI=1S/C44H34N6/c1-3-11-29(12-4-1)45-37-17-9-7-15-35(37)43-39-23-19-31(47-39)27-33-21-25-41(49-33)44(42-26-22-34(50-42)28-32-20-24-40(43)48-32)36-16-8-10-18-38(36)46-30-13-5-2-6-14-30/h1-28,45-50H. The molecule has 4 aromatic heterocycles. The number of H-pyrrole nitrogens is 4. The van der Waals surface area contributed by atoms with Gasteiger partial charge in [0, 0.05) is 89.2 Å². The van der Waals surface area contributed by atoms with E-state index in [0.717, 1.165) is 89.2 Å². The summed E-state index contributed by atoms with van der Waals surface area (Å²) >= 11 is 0. The van der Waals surface area contributed by atoms with Crippen molar-refractivity contribution in [3.63, 3.8) is 0 Å². The van der Waals surface area contributed by atoms with E-state index in [-0.39, 0.29) is 0 Å². The second-order valence-electron chi connectivity index (χ2n) is 12.4. The average Bonchev–Trinajstić information content (AvgIpc) is 3.98. The van der Waals surface area contributed by atoms with Gasteiger partial charge in [0.2, 0.25) is 0 Å². The molecule has 0 amide bonds. The van der Waals surface area contributed by atoms with E-state index in [1.165, 1.54) is 0 Å². The highest BCUT2D eigenvalue weighted by Crippen LogP contribution is 2.31. The molecule has 0 spiro atoms. The molecule has 8 aromatic rings. The minimum absolute atomic E-state index is 1.000. The molecule has 9 rings (SSSR count). The predicted molar refractivity (Wildman–Crippen MR) is 204 cm³/mol. The predicted octanol–water partition coefficient (Wildman–Crippen LogP) is 6.95. The highest BCUT2D eigenvalue weighted by molar-refractivity contribution is 5.87. The summed E-state index contributed by atoms with van der Waals surface area (Å²) in [6.45, 7) is 0. The molecular weight excluding hydrogens is 613 g/mol. The number of aromatic nitrogens is 4. The van der Waals surface area contributed by atoms with E-state index in [9.17, 15) is 0 Å². The van der Waals surface area contributed by atoms with Crippen molar-refractivity contribution in [2.75, 3.05) is 10.6 Å². The maximum Gasteiger partial charge on any atom is 0.0486 e. The number of fused-ring (bicyclic) bond motifs is 8. The van der Waals surface area contributed by atoms with E-state index < -0.39 is 0 Å².